The molecular weight excluding hydrogens is 231 g/mol. The summed E-state index contributed by atoms with van der Waals surface area (Å²) in [5.74, 6) is -0.201. The fourth-order valence-corrected chi connectivity index (χ4v) is 2.20. The number of benzene rings is 2. The van der Waals surface area contributed by atoms with Crippen molar-refractivity contribution in [3.8, 4) is 0 Å². The van der Waals surface area contributed by atoms with Crippen LogP contribution in [0, 0.1) is 5.82 Å². The molecule has 0 amide bonds. The Morgan fingerprint density at radius 1 is 1.00 bits per heavy atom. The van der Waals surface area contributed by atoms with Gasteiger partial charge in [0, 0.05) is 4.91 Å². The summed E-state index contributed by atoms with van der Waals surface area (Å²) in [4.78, 5) is 1.18. The molecule has 0 spiro atoms. The van der Waals surface area contributed by atoms with Gasteiger partial charge in [-0.15, -0.1) is 11.8 Å². The van der Waals surface area contributed by atoms with E-state index in [9.17, 15) is 4.39 Å². The molecule has 0 atom stereocenters. The molecule has 0 aromatic heterocycles. The number of hydrogen-bond acceptors (Lipinski definition) is 1. The molecule has 0 bridgehead atoms. The lowest BCUT2D eigenvalue weighted by molar-refractivity contribution is 0.628. The second-order valence-corrected chi connectivity index (χ2v) is 4.48. The third kappa shape index (κ3) is 3.21. The Kier molecular flexibility index (Phi) is 3.99. The molecule has 2 heteroatoms. The Bertz CT molecular complexity index is 500. The molecular formula is C15H13FS. The quantitative estimate of drug-likeness (QED) is 0.706. The maximum absolute atomic E-state index is 12.8. The van der Waals surface area contributed by atoms with Crippen molar-refractivity contribution < 1.29 is 4.39 Å². The van der Waals surface area contributed by atoms with Crippen LogP contribution in [0.4, 0.5) is 4.39 Å². The van der Waals surface area contributed by atoms with Crippen molar-refractivity contribution in [1.29, 1.82) is 0 Å². The van der Waals surface area contributed by atoms with Gasteiger partial charge in [0.05, 0.1) is 0 Å². The molecule has 0 aliphatic heterocycles. The first-order valence-corrected chi connectivity index (χ1v) is 6.59. The van der Waals surface area contributed by atoms with Crippen LogP contribution >= 0.6 is 11.8 Å². The van der Waals surface area contributed by atoms with E-state index in [1.807, 2.05) is 24.5 Å². The average Bonchev–Trinajstić information content (AvgIpc) is 2.39. The van der Waals surface area contributed by atoms with Crippen LogP contribution in [-0.4, -0.2) is 6.26 Å². The van der Waals surface area contributed by atoms with Crippen LogP contribution in [0.25, 0.3) is 11.0 Å². The van der Waals surface area contributed by atoms with Crippen molar-refractivity contribution in [2.24, 2.45) is 0 Å². The van der Waals surface area contributed by atoms with Crippen LogP contribution in [0.5, 0.6) is 0 Å². The van der Waals surface area contributed by atoms with Crippen LogP contribution in [0.15, 0.2) is 54.6 Å². The van der Waals surface area contributed by atoms with Crippen molar-refractivity contribution in [3.05, 3.63) is 71.5 Å². The lowest BCUT2D eigenvalue weighted by atomic mass is 10.1. The van der Waals surface area contributed by atoms with Gasteiger partial charge >= 0.3 is 0 Å². The summed E-state index contributed by atoms with van der Waals surface area (Å²) >= 11 is 1.69. The molecule has 17 heavy (non-hydrogen) atoms. The fraction of sp³-hybridized carbons (Fsp3) is 0.0667. The van der Waals surface area contributed by atoms with Gasteiger partial charge in [-0.3, -0.25) is 0 Å². The monoisotopic (exact) mass is 244 g/mol. The lowest BCUT2D eigenvalue weighted by Gasteiger charge is -2.04. The molecule has 0 aliphatic carbocycles. The third-order valence-corrected chi connectivity index (χ3v) is 3.24. The standard InChI is InChI=1S/C15H13FS/c1-17-15(13-5-3-2-4-6-13)11-12-7-9-14(16)10-8-12/h2-11H,1H3. The maximum atomic E-state index is 12.8. The molecule has 0 unspecified atom stereocenters. The van der Waals surface area contributed by atoms with Gasteiger partial charge in [0.15, 0.2) is 0 Å². The van der Waals surface area contributed by atoms with Crippen LogP contribution in [0.3, 0.4) is 0 Å². The maximum Gasteiger partial charge on any atom is 0.123 e. The smallest absolute Gasteiger partial charge is 0.123 e. The van der Waals surface area contributed by atoms with E-state index < -0.39 is 0 Å². The van der Waals surface area contributed by atoms with Crippen molar-refractivity contribution in [2.75, 3.05) is 6.26 Å². The van der Waals surface area contributed by atoms with E-state index in [4.69, 9.17) is 0 Å². The van der Waals surface area contributed by atoms with Crippen molar-refractivity contribution in [3.63, 3.8) is 0 Å². The van der Waals surface area contributed by atoms with Crippen LogP contribution < -0.4 is 0 Å². The highest BCUT2D eigenvalue weighted by molar-refractivity contribution is 8.07. The average molecular weight is 244 g/mol. The van der Waals surface area contributed by atoms with Crippen LogP contribution in [0.1, 0.15) is 11.1 Å². The highest BCUT2D eigenvalue weighted by atomic mass is 32.2. The van der Waals surface area contributed by atoms with E-state index in [-0.39, 0.29) is 5.82 Å². The zero-order valence-corrected chi connectivity index (χ0v) is 10.4. The second-order valence-electron chi connectivity index (χ2n) is 3.63. The van der Waals surface area contributed by atoms with Crippen molar-refractivity contribution >= 4 is 22.7 Å². The topological polar surface area (TPSA) is 0 Å². The second kappa shape index (κ2) is 5.69. The highest BCUT2D eigenvalue weighted by Crippen LogP contribution is 2.27. The fourth-order valence-electron chi connectivity index (χ4n) is 1.57. The van der Waals surface area contributed by atoms with Crippen molar-refractivity contribution in [2.45, 2.75) is 0 Å². The molecule has 0 fully saturated rings. The Balaban J connectivity index is 2.33. The molecule has 0 N–H and O–H groups in total. The molecule has 0 nitrogen and oxygen atoms in total. The predicted octanol–water partition coefficient (Wildman–Crippen LogP) is 4.69. The summed E-state index contributed by atoms with van der Waals surface area (Å²) in [7, 11) is 0. The molecule has 0 radical (unpaired) electrons. The number of thioether (sulfide) groups is 1. The van der Waals surface area contributed by atoms with Gasteiger partial charge in [0.2, 0.25) is 0 Å². The highest BCUT2D eigenvalue weighted by Gasteiger charge is 1.99. The Hall–Kier alpha value is -1.54. The summed E-state index contributed by atoms with van der Waals surface area (Å²) in [6, 6.07) is 16.7. The summed E-state index contributed by atoms with van der Waals surface area (Å²) in [6.07, 6.45) is 4.11. The van der Waals surface area contributed by atoms with E-state index in [2.05, 4.69) is 18.2 Å². The Morgan fingerprint density at radius 3 is 2.24 bits per heavy atom. The summed E-state index contributed by atoms with van der Waals surface area (Å²) in [5.41, 5.74) is 2.20. The lowest BCUT2D eigenvalue weighted by Crippen LogP contribution is -1.80. The van der Waals surface area contributed by atoms with E-state index in [0.29, 0.717) is 0 Å². The Morgan fingerprint density at radius 2 is 1.65 bits per heavy atom. The minimum Gasteiger partial charge on any atom is -0.207 e. The minimum absolute atomic E-state index is 0.201. The molecule has 0 heterocycles. The molecule has 0 aliphatic rings. The van der Waals surface area contributed by atoms with E-state index in [0.717, 1.165) is 5.56 Å². The van der Waals surface area contributed by atoms with Gasteiger partial charge in [-0.25, -0.2) is 4.39 Å². The number of rotatable bonds is 3. The molecule has 86 valence electrons. The van der Waals surface area contributed by atoms with Gasteiger partial charge in [-0.05, 0) is 35.6 Å². The molecule has 2 aromatic rings. The van der Waals surface area contributed by atoms with E-state index >= 15 is 0 Å². The summed E-state index contributed by atoms with van der Waals surface area (Å²) in [5, 5.41) is 0. The van der Waals surface area contributed by atoms with Crippen molar-refractivity contribution in [1.82, 2.24) is 0 Å². The van der Waals surface area contributed by atoms with E-state index in [1.165, 1.54) is 22.6 Å². The normalized spacial score (nSPS) is 11.5. The van der Waals surface area contributed by atoms with Gasteiger partial charge in [0.25, 0.3) is 0 Å². The van der Waals surface area contributed by atoms with Gasteiger partial charge < -0.3 is 0 Å². The van der Waals surface area contributed by atoms with Gasteiger partial charge in [-0.2, -0.15) is 0 Å². The third-order valence-electron chi connectivity index (χ3n) is 2.45. The zero-order valence-electron chi connectivity index (χ0n) is 9.56. The largest absolute Gasteiger partial charge is 0.207 e. The van der Waals surface area contributed by atoms with E-state index in [1.54, 1.807) is 23.9 Å². The first-order valence-electron chi connectivity index (χ1n) is 5.36. The number of halogens is 1. The van der Waals surface area contributed by atoms with Crippen LogP contribution in [0.2, 0.25) is 0 Å². The molecule has 0 saturated heterocycles. The minimum atomic E-state index is -0.201. The first kappa shape index (κ1) is 11.9. The molecule has 0 saturated carbocycles. The summed E-state index contributed by atoms with van der Waals surface area (Å²) in [6.45, 7) is 0. The zero-order chi connectivity index (χ0) is 12.1. The van der Waals surface area contributed by atoms with Gasteiger partial charge in [-0.1, -0.05) is 42.5 Å². The van der Waals surface area contributed by atoms with Crippen LogP contribution in [-0.2, 0) is 0 Å². The molecule has 2 rings (SSSR count). The Labute approximate surface area is 105 Å². The predicted molar refractivity (Wildman–Crippen MR) is 74.2 cm³/mol. The number of hydrogen-bond donors (Lipinski definition) is 0. The summed E-state index contributed by atoms with van der Waals surface area (Å²) < 4.78 is 12.8. The SMILES string of the molecule is CSC(=Cc1ccc(F)cc1)c1ccccc1. The van der Waals surface area contributed by atoms with Gasteiger partial charge in [0.1, 0.15) is 5.82 Å². The molecule has 2 aromatic carbocycles. The first-order chi connectivity index (χ1) is 8.29.